The molecule has 2 N–H and O–H groups in total. The number of benzene rings is 1. The molecule has 3 atom stereocenters. The minimum atomic E-state index is -0.867. The minimum absolute atomic E-state index is 0.192. The van der Waals surface area contributed by atoms with Crippen molar-refractivity contribution in [3.8, 4) is 0 Å². The van der Waals surface area contributed by atoms with Gasteiger partial charge in [-0.25, -0.2) is 0 Å². The van der Waals surface area contributed by atoms with E-state index in [1.165, 1.54) is 0 Å². The molecule has 4 nitrogen and oxygen atoms in total. The van der Waals surface area contributed by atoms with Crippen molar-refractivity contribution in [2.75, 3.05) is 5.32 Å². The van der Waals surface area contributed by atoms with Crippen LogP contribution >= 0.6 is 15.9 Å². The van der Waals surface area contributed by atoms with Gasteiger partial charge in [-0.05, 0) is 59.3 Å². The number of rotatable bonds is 4. The van der Waals surface area contributed by atoms with Crippen LogP contribution in [-0.2, 0) is 9.59 Å². The molecular formula is C16H20BrNO3. The highest BCUT2D eigenvalue weighted by Gasteiger charge is 2.42. The molecule has 1 aliphatic rings. The van der Waals surface area contributed by atoms with Crippen LogP contribution in [0.3, 0.4) is 0 Å². The maximum atomic E-state index is 12.4. The first kappa shape index (κ1) is 16.0. The lowest BCUT2D eigenvalue weighted by Crippen LogP contribution is -2.30. The first-order valence-corrected chi connectivity index (χ1v) is 8.01. The fraction of sp³-hybridized carbons (Fsp3) is 0.500. The summed E-state index contributed by atoms with van der Waals surface area (Å²) in [5, 5.41) is 12.2. The fourth-order valence-electron chi connectivity index (χ4n) is 2.99. The maximum absolute atomic E-state index is 12.4. The van der Waals surface area contributed by atoms with Crippen molar-refractivity contribution < 1.29 is 14.7 Å². The topological polar surface area (TPSA) is 66.4 Å². The van der Waals surface area contributed by atoms with Gasteiger partial charge in [0.05, 0.1) is 17.5 Å². The summed E-state index contributed by atoms with van der Waals surface area (Å²) >= 11 is 3.42. The normalized spacial score (nSPS) is 24.8. The summed E-state index contributed by atoms with van der Waals surface area (Å²) in [7, 11) is 0. The zero-order chi connectivity index (χ0) is 15.6. The average Bonchev–Trinajstić information content (AvgIpc) is 2.86. The van der Waals surface area contributed by atoms with Crippen LogP contribution in [0.25, 0.3) is 0 Å². The zero-order valence-corrected chi connectivity index (χ0v) is 13.8. The third kappa shape index (κ3) is 3.64. The van der Waals surface area contributed by atoms with Crippen molar-refractivity contribution in [3.05, 3.63) is 28.2 Å². The Morgan fingerprint density at radius 3 is 2.57 bits per heavy atom. The van der Waals surface area contributed by atoms with E-state index < -0.39 is 17.8 Å². The van der Waals surface area contributed by atoms with E-state index in [0.29, 0.717) is 24.4 Å². The predicted molar refractivity (Wildman–Crippen MR) is 85.1 cm³/mol. The van der Waals surface area contributed by atoms with E-state index in [9.17, 15) is 14.7 Å². The Labute approximate surface area is 133 Å². The Balaban J connectivity index is 2.13. The van der Waals surface area contributed by atoms with Crippen LogP contribution in [0.1, 0.15) is 31.7 Å². The van der Waals surface area contributed by atoms with Crippen LogP contribution in [0.15, 0.2) is 22.7 Å². The van der Waals surface area contributed by atoms with Crippen LogP contribution in [0.4, 0.5) is 5.69 Å². The van der Waals surface area contributed by atoms with Crippen molar-refractivity contribution in [3.63, 3.8) is 0 Å². The highest BCUT2D eigenvalue weighted by atomic mass is 79.9. The summed E-state index contributed by atoms with van der Waals surface area (Å²) in [5.41, 5.74) is 1.78. The molecule has 1 saturated carbocycles. The Bertz CT molecular complexity index is 558. The Morgan fingerprint density at radius 1 is 1.33 bits per heavy atom. The van der Waals surface area contributed by atoms with Crippen LogP contribution in [0.5, 0.6) is 0 Å². The van der Waals surface area contributed by atoms with E-state index in [0.717, 1.165) is 16.5 Å². The van der Waals surface area contributed by atoms with E-state index in [-0.39, 0.29) is 5.91 Å². The molecule has 0 saturated heterocycles. The Hall–Kier alpha value is -1.36. The number of anilines is 1. The van der Waals surface area contributed by atoms with Gasteiger partial charge >= 0.3 is 5.97 Å². The SMILES string of the molecule is CCC1C[C@H](C(=O)Nc2ccc(C)cc2Br)[C@H](C(=O)O)C1. The van der Waals surface area contributed by atoms with Crippen LogP contribution in [0.2, 0.25) is 0 Å². The van der Waals surface area contributed by atoms with Crippen molar-refractivity contribution in [2.45, 2.75) is 33.1 Å². The number of hydrogen-bond acceptors (Lipinski definition) is 2. The summed E-state index contributed by atoms with van der Waals surface area (Å²) in [6.07, 6.45) is 2.17. The van der Waals surface area contributed by atoms with E-state index in [1.807, 2.05) is 32.0 Å². The lowest BCUT2D eigenvalue weighted by Gasteiger charge is -2.16. The molecule has 0 heterocycles. The lowest BCUT2D eigenvalue weighted by molar-refractivity contribution is -0.145. The molecule has 2 rings (SSSR count). The van der Waals surface area contributed by atoms with Crippen molar-refractivity contribution in [1.29, 1.82) is 0 Å². The third-order valence-electron chi connectivity index (χ3n) is 4.27. The second kappa shape index (κ2) is 6.60. The number of nitrogens with one attached hydrogen (secondary N) is 1. The summed E-state index contributed by atoms with van der Waals surface area (Å²) < 4.78 is 0.813. The van der Waals surface area contributed by atoms with Gasteiger partial charge in [0.1, 0.15) is 0 Å². The standard InChI is InChI=1S/C16H20BrNO3/c1-3-10-7-11(12(8-10)16(20)21)15(19)18-14-5-4-9(2)6-13(14)17/h4-6,10-12H,3,7-8H2,1-2H3,(H,18,19)(H,20,21)/t10?,11-,12+/m0/s1. The highest BCUT2D eigenvalue weighted by molar-refractivity contribution is 9.10. The van der Waals surface area contributed by atoms with E-state index in [2.05, 4.69) is 21.2 Å². The van der Waals surface area contributed by atoms with Gasteiger partial charge in [-0.2, -0.15) is 0 Å². The summed E-state index contributed by atoms with van der Waals surface area (Å²) in [6, 6.07) is 5.67. The molecule has 0 spiro atoms. The van der Waals surface area contributed by atoms with Crippen LogP contribution < -0.4 is 5.32 Å². The predicted octanol–water partition coefficient (Wildman–Crippen LogP) is 3.83. The number of aryl methyl sites for hydroxylation is 1. The summed E-state index contributed by atoms with van der Waals surface area (Å²) in [6.45, 7) is 4.01. The van der Waals surface area contributed by atoms with E-state index >= 15 is 0 Å². The molecule has 1 aromatic rings. The number of aliphatic carboxylic acids is 1. The van der Waals surface area contributed by atoms with Gasteiger partial charge in [-0.15, -0.1) is 0 Å². The Kier molecular flexibility index (Phi) is 5.04. The molecular weight excluding hydrogens is 334 g/mol. The molecule has 1 amide bonds. The molecule has 0 aliphatic heterocycles. The molecule has 1 aromatic carbocycles. The summed E-state index contributed by atoms with van der Waals surface area (Å²) in [4.78, 5) is 23.8. The number of carboxylic acids is 1. The van der Waals surface area contributed by atoms with Gasteiger partial charge in [0, 0.05) is 4.47 Å². The monoisotopic (exact) mass is 353 g/mol. The molecule has 114 valence electrons. The van der Waals surface area contributed by atoms with Crippen molar-refractivity contribution >= 4 is 33.5 Å². The average molecular weight is 354 g/mol. The second-order valence-corrected chi connectivity index (χ2v) is 6.62. The lowest BCUT2D eigenvalue weighted by atomic mass is 9.95. The number of carboxylic acid groups (broad SMARTS) is 1. The minimum Gasteiger partial charge on any atom is -0.481 e. The first-order valence-electron chi connectivity index (χ1n) is 7.22. The van der Waals surface area contributed by atoms with Crippen molar-refractivity contribution in [1.82, 2.24) is 0 Å². The van der Waals surface area contributed by atoms with Crippen LogP contribution in [-0.4, -0.2) is 17.0 Å². The van der Waals surface area contributed by atoms with Crippen LogP contribution in [0, 0.1) is 24.7 Å². The van der Waals surface area contributed by atoms with Gasteiger partial charge in [-0.1, -0.05) is 19.4 Å². The van der Waals surface area contributed by atoms with Crippen molar-refractivity contribution in [2.24, 2.45) is 17.8 Å². The first-order chi connectivity index (χ1) is 9.92. The number of halogens is 1. The fourth-order valence-corrected chi connectivity index (χ4v) is 3.58. The molecule has 0 aromatic heterocycles. The Morgan fingerprint density at radius 2 is 2.00 bits per heavy atom. The number of carbonyl (C=O) groups excluding carboxylic acids is 1. The maximum Gasteiger partial charge on any atom is 0.307 e. The zero-order valence-electron chi connectivity index (χ0n) is 12.2. The van der Waals surface area contributed by atoms with Gasteiger partial charge in [0.15, 0.2) is 0 Å². The number of carbonyl (C=O) groups is 2. The molecule has 5 heteroatoms. The quantitative estimate of drug-likeness (QED) is 0.864. The smallest absolute Gasteiger partial charge is 0.307 e. The molecule has 0 bridgehead atoms. The second-order valence-electron chi connectivity index (χ2n) is 5.77. The molecule has 0 radical (unpaired) electrons. The number of amides is 1. The van der Waals surface area contributed by atoms with Gasteiger partial charge in [-0.3, -0.25) is 9.59 Å². The largest absolute Gasteiger partial charge is 0.481 e. The summed E-state index contributed by atoms with van der Waals surface area (Å²) in [5.74, 6) is -1.75. The number of hydrogen-bond donors (Lipinski definition) is 2. The van der Waals surface area contributed by atoms with E-state index in [1.54, 1.807) is 0 Å². The molecule has 1 aliphatic carbocycles. The molecule has 1 unspecified atom stereocenters. The highest BCUT2D eigenvalue weighted by Crippen LogP contribution is 2.39. The van der Waals surface area contributed by atoms with Gasteiger partial charge in [0.25, 0.3) is 0 Å². The van der Waals surface area contributed by atoms with E-state index in [4.69, 9.17) is 0 Å². The van der Waals surface area contributed by atoms with Gasteiger partial charge in [0.2, 0.25) is 5.91 Å². The third-order valence-corrected chi connectivity index (χ3v) is 4.93. The van der Waals surface area contributed by atoms with Gasteiger partial charge < -0.3 is 10.4 Å². The molecule has 21 heavy (non-hydrogen) atoms. The molecule has 1 fully saturated rings.